The number of ether oxygens (including phenoxy) is 2. The average molecular weight is 393 g/mol. The van der Waals surface area contributed by atoms with Gasteiger partial charge in [0.1, 0.15) is 5.82 Å². The topological polar surface area (TPSA) is 93.3 Å². The number of anilines is 1. The summed E-state index contributed by atoms with van der Waals surface area (Å²) in [4.78, 5) is 31.7. The summed E-state index contributed by atoms with van der Waals surface area (Å²) < 4.78 is 10.8. The Labute approximate surface area is 168 Å². The molecule has 0 aliphatic carbocycles. The second-order valence-corrected chi connectivity index (χ2v) is 6.27. The van der Waals surface area contributed by atoms with Crippen LogP contribution in [0.5, 0.6) is 11.5 Å². The van der Waals surface area contributed by atoms with E-state index in [-0.39, 0.29) is 11.5 Å². The van der Waals surface area contributed by atoms with Crippen molar-refractivity contribution in [1.29, 1.82) is 0 Å². The van der Waals surface area contributed by atoms with E-state index in [4.69, 9.17) is 9.47 Å². The number of rotatable bonds is 7. The number of carbonyl (C=O) groups is 1. The van der Waals surface area contributed by atoms with E-state index in [2.05, 4.69) is 15.3 Å². The largest absolute Gasteiger partial charge is 0.493 e. The maximum atomic E-state index is 12.7. The lowest BCUT2D eigenvalue weighted by Crippen LogP contribution is -2.13. The molecule has 150 valence electrons. The minimum absolute atomic E-state index is 0.206. The maximum absolute atomic E-state index is 12.7. The van der Waals surface area contributed by atoms with Crippen LogP contribution < -0.4 is 20.3 Å². The maximum Gasteiger partial charge on any atom is 0.255 e. The van der Waals surface area contributed by atoms with Crippen molar-refractivity contribution >= 4 is 11.6 Å². The number of nitrogens with one attached hydrogen (secondary N) is 2. The summed E-state index contributed by atoms with van der Waals surface area (Å²) in [5.74, 6) is 1.26. The molecule has 2 N–H and O–H groups in total. The Morgan fingerprint density at radius 3 is 2.66 bits per heavy atom. The lowest BCUT2D eigenvalue weighted by molar-refractivity contribution is 0.102. The van der Waals surface area contributed by atoms with Crippen LogP contribution in [-0.2, 0) is 6.42 Å². The number of nitrogens with zero attached hydrogens (tertiary/aromatic N) is 1. The number of amides is 1. The van der Waals surface area contributed by atoms with E-state index in [0.717, 1.165) is 0 Å². The van der Waals surface area contributed by atoms with Gasteiger partial charge in [-0.25, -0.2) is 4.98 Å². The van der Waals surface area contributed by atoms with Gasteiger partial charge < -0.3 is 19.8 Å². The van der Waals surface area contributed by atoms with Crippen LogP contribution in [0.15, 0.2) is 53.3 Å². The van der Waals surface area contributed by atoms with E-state index < -0.39 is 0 Å². The van der Waals surface area contributed by atoms with Crippen LogP contribution in [0, 0.1) is 0 Å². The zero-order valence-corrected chi connectivity index (χ0v) is 16.6. The molecule has 0 spiro atoms. The van der Waals surface area contributed by atoms with E-state index in [1.165, 1.54) is 6.07 Å². The molecular formula is C22H23N3O4. The Bertz CT molecular complexity index is 1080. The minimum Gasteiger partial charge on any atom is -0.493 e. The third-order valence-corrected chi connectivity index (χ3v) is 4.28. The second-order valence-electron chi connectivity index (χ2n) is 6.27. The molecule has 0 fully saturated rings. The molecule has 0 unspecified atom stereocenters. The highest BCUT2D eigenvalue weighted by molar-refractivity contribution is 6.04. The molecule has 0 radical (unpaired) electrons. The van der Waals surface area contributed by atoms with Crippen molar-refractivity contribution in [2.45, 2.75) is 20.3 Å². The standard InChI is InChI=1S/C22H23N3O4/c1-4-16-13-20(26)25-21(23-16)14-7-6-8-17(11-14)24-22(27)15-9-10-18(28-3)19(12-15)29-5-2/h6-13H,4-5H2,1-3H3,(H,24,27)(H,23,25,26). The summed E-state index contributed by atoms with van der Waals surface area (Å²) in [6.07, 6.45) is 0.660. The molecule has 1 aromatic heterocycles. The first kappa shape index (κ1) is 20.1. The Kier molecular flexibility index (Phi) is 6.29. The van der Waals surface area contributed by atoms with Crippen molar-refractivity contribution in [2.75, 3.05) is 19.0 Å². The highest BCUT2D eigenvalue weighted by Gasteiger charge is 2.12. The van der Waals surface area contributed by atoms with Gasteiger partial charge in [-0.1, -0.05) is 19.1 Å². The monoisotopic (exact) mass is 393 g/mol. The molecule has 0 saturated carbocycles. The third kappa shape index (κ3) is 4.82. The zero-order chi connectivity index (χ0) is 20.8. The molecule has 3 aromatic rings. The van der Waals surface area contributed by atoms with Gasteiger partial charge in [0, 0.05) is 28.6 Å². The van der Waals surface area contributed by atoms with E-state index >= 15 is 0 Å². The molecule has 29 heavy (non-hydrogen) atoms. The summed E-state index contributed by atoms with van der Waals surface area (Å²) in [7, 11) is 1.55. The van der Waals surface area contributed by atoms with Gasteiger partial charge >= 0.3 is 0 Å². The van der Waals surface area contributed by atoms with Gasteiger partial charge in [0.2, 0.25) is 0 Å². The number of hydrogen-bond donors (Lipinski definition) is 2. The normalized spacial score (nSPS) is 10.4. The molecule has 2 aromatic carbocycles. The lowest BCUT2D eigenvalue weighted by atomic mass is 10.1. The van der Waals surface area contributed by atoms with Crippen molar-refractivity contribution in [1.82, 2.24) is 9.97 Å². The fourth-order valence-corrected chi connectivity index (χ4v) is 2.86. The third-order valence-electron chi connectivity index (χ3n) is 4.28. The SMILES string of the molecule is CCOc1cc(C(=O)Nc2cccc(-c3nc(CC)cc(=O)[nH]3)c2)ccc1OC. The van der Waals surface area contributed by atoms with E-state index in [0.29, 0.717) is 52.9 Å². The highest BCUT2D eigenvalue weighted by Crippen LogP contribution is 2.28. The van der Waals surface area contributed by atoms with Crippen molar-refractivity contribution in [3.8, 4) is 22.9 Å². The average Bonchev–Trinajstić information content (AvgIpc) is 2.73. The number of aromatic amines is 1. The molecule has 0 saturated heterocycles. The van der Waals surface area contributed by atoms with Gasteiger partial charge in [0.15, 0.2) is 11.5 Å². The molecular weight excluding hydrogens is 370 g/mol. The van der Waals surface area contributed by atoms with E-state index in [1.807, 2.05) is 19.9 Å². The van der Waals surface area contributed by atoms with Gasteiger partial charge in [-0.3, -0.25) is 9.59 Å². The number of benzene rings is 2. The van der Waals surface area contributed by atoms with Gasteiger partial charge in [-0.2, -0.15) is 0 Å². The summed E-state index contributed by atoms with van der Waals surface area (Å²) in [6.45, 7) is 4.27. The fraction of sp³-hybridized carbons (Fsp3) is 0.227. The highest BCUT2D eigenvalue weighted by atomic mass is 16.5. The van der Waals surface area contributed by atoms with Crippen LogP contribution in [-0.4, -0.2) is 29.6 Å². The summed E-state index contributed by atoms with van der Waals surface area (Å²) >= 11 is 0. The van der Waals surface area contributed by atoms with Crippen LogP contribution in [0.2, 0.25) is 0 Å². The number of carbonyl (C=O) groups excluding carboxylic acids is 1. The number of H-pyrrole nitrogens is 1. The number of aryl methyl sites for hydroxylation is 1. The summed E-state index contributed by atoms with van der Waals surface area (Å²) in [6, 6.07) is 13.7. The molecule has 1 amide bonds. The van der Waals surface area contributed by atoms with Crippen LogP contribution in [0.4, 0.5) is 5.69 Å². The number of aromatic nitrogens is 2. The first-order chi connectivity index (χ1) is 14.0. The van der Waals surface area contributed by atoms with Crippen molar-refractivity contribution in [3.63, 3.8) is 0 Å². The zero-order valence-electron chi connectivity index (χ0n) is 16.6. The number of methoxy groups -OCH3 is 1. The Balaban J connectivity index is 1.85. The molecule has 0 aliphatic heterocycles. The smallest absolute Gasteiger partial charge is 0.255 e. The lowest BCUT2D eigenvalue weighted by Gasteiger charge is -2.12. The minimum atomic E-state index is -0.283. The Hall–Kier alpha value is -3.61. The molecule has 7 heteroatoms. The molecule has 7 nitrogen and oxygen atoms in total. The molecule has 0 aliphatic rings. The van der Waals surface area contributed by atoms with Gasteiger partial charge in [-0.05, 0) is 43.7 Å². The van der Waals surface area contributed by atoms with Crippen LogP contribution in [0.3, 0.4) is 0 Å². The van der Waals surface area contributed by atoms with Crippen molar-refractivity contribution < 1.29 is 14.3 Å². The summed E-state index contributed by atoms with van der Waals surface area (Å²) in [5.41, 5.74) is 2.24. The van der Waals surface area contributed by atoms with Crippen LogP contribution >= 0.6 is 0 Å². The first-order valence-electron chi connectivity index (χ1n) is 9.37. The van der Waals surface area contributed by atoms with Crippen LogP contribution in [0.25, 0.3) is 11.4 Å². The van der Waals surface area contributed by atoms with Crippen LogP contribution in [0.1, 0.15) is 29.9 Å². The molecule has 1 heterocycles. The van der Waals surface area contributed by atoms with Gasteiger partial charge in [-0.15, -0.1) is 0 Å². The first-order valence-corrected chi connectivity index (χ1v) is 9.37. The van der Waals surface area contributed by atoms with E-state index in [1.54, 1.807) is 43.5 Å². The Morgan fingerprint density at radius 1 is 1.10 bits per heavy atom. The fourth-order valence-electron chi connectivity index (χ4n) is 2.86. The predicted molar refractivity (Wildman–Crippen MR) is 112 cm³/mol. The second kappa shape index (κ2) is 9.05. The van der Waals surface area contributed by atoms with Gasteiger partial charge in [0.25, 0.3) is 11.5 Å². The Morgan fingerprint density at radius 2 is 1.93 bits per heavy atom. The molecule has 0 bridgehead atoms. The van der Waals surface area contributed by atoms with Gasteiger partial charge in [0.05, 0.1) is 13.7 Å². The number of hydrogen-bond acceptors (Lipinski definition) is 5. The molecule has 3 rings (SSSR count). The predicted octanol–water partition coefficient (Wildman–Crippen LogP) is 3.66. The van der Waals surface area contributed by atoms with Crippen molar-refractivity contribution in [3.05, 3.63) is 70.1 Å². The van der Waals surface area contributed by atoms with Crippen molar-refractivity contribution in [2.24, 2.45) is 0 Å². The molecule has 0 atom stereocenters. The summed E-state index contributed by atoms with van der Waals surface area (Å²) in [5, 5.41) is 2.86. The quantitative estimate of drug-likeness (QED) is 0.639. The van der Waals surface area contributed by atoms with E-state index in [9.17, 15) is 9.59 Å².